The monoisotopic (exact) mass is 382 g/mol. The van der Waals surface area contributed by atoms with Crippen molar-refractivity contribution in [2.75, 3.05) is 5.32 Å². The summed E-state index contributed by atoms with van der Waals surface area (Å²) in [6.07, 6.45) is 3.20. The molecular formula is C19H22N6O3. The largest absolute Gasteiger partial charge is 0.471 e. The number of carbonyl (C=O) groups is 2. The van der Waals surface area contributed by atoms with Gasteiger partial charge < -0.3 is 15.8 Å². The van der Waals surface area contributed by atoms with E-state index in [-0.39, 0.29) is 23.8 Å². The van der Waals surface area contributed by atoms with E-state index in [4.69, 9.17) is 10.5 Å². The van der Waals surface area contributed by atoms with Crippen LogP contribution < -0.4 is 15.8 Å². The van der Waals surface area contributed by atoms with Gasteiger partial charge in [0.05, 0.1) is 5.69 Å². The van der Waals surface area contributed by atoms with E-state index in [1.807, 2.05) is 39.0 Å². The third-order valence-corrected chi connectivity index (χ3v) is 4.14. The van der Waals surface area contributed by atoms with Gasteiger partial charge in [0.2, 0.25) is 0 Å². The molecule has 2 aromatic heterocycles. The zero-order chi connectivity index (χ0) is 20.3. The van der Waals surface area contributed by atoms with Gasteiger partial charge in [0, 0.05) is 18.9 Å². The summed E-state index contributed by atoms with van der Waals surface area (Å²) in [5, 5.41) is 10.9. The van der Waals surface area contributed by atoms with Gasteiger partial charge in [-0.15, -0.1) is 0 Å². The van der Waals surface area contributed by atoms with Crippen molar-refractivity contribution in [2.24, 2.45) is 5.73 Å². The zero-order valence-electron chi connectivity index (χ0n) is 16.0. The van der Waals surface area contributed by atoms with E-state index in [9.17, 15) is 9.59 Å². The Labute approximate surface area is 162 Å². The fraction of sp³-hybridized carbons (Fsp3) is 0.263. The fourth-order valence-corrected chi connectivity index (χ4v) is 2.60. The molecule has 3 N–H and O–H groups in total. The average molecular weight is 382 g/mol. The molecule has 0 aliphatic rings. The van der Waals surface area contributed by atoms with Crippen molar-refractivity contribution in [1.82, 2.24) is 19.6 Å². The highest BCUT2D eigenvalue weighted by molar-refractivity contribution is 6.06. The summed E-state index contributed by atoms with van der Waals surface area (Å²) >= 11 is 0. The summed E-state index contributed by atoms with van der Waals surface area (Å²) in [6, 6.07) is 7.51. The van der Waals surface area contributed by atoms with Crippen molar-refractivity contribution in [3.8, 4) is 5.75 Å². The highest BCUT2D eigenvalue weighted by Gasteiger charge is 2.18. The number of ether oxygens (including phenoxy) is 1. The smallest absolute Gasteiger partial charge is 0.276 e. The van der Waals surface area contributed by atoms with Crippen LogP contribution in [0.3, 0.4) is 0 Å². The Hall–Kier alpha value is -3.62. The number of rotatable bonds is 7. The van der Waals surface area contributed by atoms with Crippen molar-refractivity contribution in [1.29, 1.82) is 0 Å². The molecule has 0 radical (unpaired) electrons. The van der Waals surface area contributed by atoms with Crippen LogP contribution in [-0.4, -0.2) is 31.4 Å². The normalized spacial score (nSPS) is 10.7. The highest BCUT2D eigenvalue weighted by atomic mass is 16.5. The average Bonchev–Trinajstić information content (AvgIpc) is 3.29. The van der Waals surface area contributed by atoms with Gasteiger partial charge in [0.15, 0.2) is 18.1 Å². The van der Waals surface area contributed by atoms with E-state index in [2.05, 4.69) is 15.5 Å². The van der Waals surface area contributed by atoms with Crippen molar-refractivity contribution < 1.29 is 14.3 Å². The molecule has 0 aliphatic heterocycles. The molecule has 0 saturated heterocycles. The van der Waals surface area contributed by atoms with Gasteiger partial charge in [0.1, 0.15) is 5.75 Å². The Balaban J connectivity index is 1.68. The molecule has 146 valence electrons. The zero-order valence-corrected chi connectivity index (χ0v) is 16.0. The number of nitrogens with two attached hydrogens (primary N) is 1. The van der Waals surface area contributed by atoms with Gasteiger partial charge in [-0.3, -0.25) is 14.3 Å². The van der Waals surface area contributed by atoms with Crippen molar-refractivity contribution in [3.05, 3.63) is 59.2 Å². The summed E-state index contributed by atoms with van der Waals surface area (Å²) in [4.78, 5) is 24.0. The fourth-order valence-electron chi connectivity index (χ4n) is 2.60. The number of aromatic nitrogens is 4. The maximum absolute atomic E-state index is 12.5. The molecule has 0 unspecified atom stereocenters. The van der Waals surface area contributed by atoms with E-state index in [0.29, 0.717) is 6.54 Å². The number of amides is 2. The molecule has 3 rings (SSSR count). The number of hydrogen-bond donors (Lipinski definition) is 2. The first-order chi connectivity index (χ1) is 13.4. The van der Waals surface area contributed by atoms with Crippen molar-refractivity contribution >= 4 is 17.5 Å². The maximum Gasteiger partial charge on any atom is 0.276 e. The van der Waals surface area contributed by atoms with Gasteiger partial charge in [0.25, 0.3) is 11.8 Å². The quantitative estimate of drug-likeness (QED) is 0.649. The van der Waals surface area contributed by atoms with Crippen molar-refractivity contribution in [3.63, 3.8) is 0 Å². The molecule has 2 heterocycles. The van der Waals surface area contributed by atoms with Crippen LogP contribution in [0.2, 0.25) is 0 Å². The molecule has 9 heteroatoms. The highest BCUT2D eigenvalue weighted by Crippen LogP contribution is 2.19. The summed E-state index contributed by atoms with van der Waals surface area (Å²) < 4.78 is 8.81. The number of nitrogens with zero attached hydrogens (tertiary/aromatic N) is 4. The Morgan fingerprint density at radius 2 is 1.96 bits per heavy atom. The minimum atomic E-state index is -0.713. The van der Waals surface area contributed by atoms with Crippen LogP contribution in [0, 0.1) is 13.8 Å². The number of aryl methyl sites for hydroxylation is 3. The van der Waals surface area contributed by atoms with E-state index in [0.717, 1.165) is 16.9 Å². The Bertz CT molecular complexity index is 1020. The van der Waals surface area contributed by atoms with E-state index >= 15 is 0 Å². The molecule has 0 saturated carbocycles. The second-order valence-electron chi connectivity index (χ2n) is 6.35. The van der Waals surface area contributed by atoms with Gasteiger partial charge in [-0.25, -0.2) is 4.68 Å². The Morgan fingerprint density at radius 1 is 1.18 bits per heavy atom. The first-order valence-electron chi connectivity index (χ1n) is 8.79. The number of carbonyl (C=O) groups excluding carboxylic acids is 2. The predicted octanol–water partition coefficient (Wildman–Crippen LogP) is 2.10. The molecule has 0 spiro atoms. The number of nitrogens with one attached hydrogen (secondary N) is 1. The molecule has 2 amide bonds. The first kappa shape index (κ1) is 19.2. The summed E-state index contributed by atoms with van der Waals surface area (Å²) in [5.74, 6) is -0.418. The molecule has 3 aromatic rings. The van der Waals surface area contributed by atoms with Crippen LogP contribution in [0.15, 0.2) is 36.7 Å². The molecular weight excluding hydrogens is 360 g/mol. The molecule has 1 aromatic carbocycles. The van der Waals surface area contributed by atoms with E-state index in [1.54, 1.807) is 18.5 Å². The Kier molecular flexibility index (Phi) is 5.44. The lowest BCUT2D eigenvalue weighted by molar-refractivity contribution is 0.0995. The number of benzene rings is 1. The second kappa shape index (κ2) is 7.95. The molecule has 0 bridgehead atoms. The third-order valence-electron chi connectivity index (χ3n) is 4.14. The van der Waals surface area contributed by atoms with Gasteiger partial charge in [-0.2, -0.15) is 10.2 Å². The lowest BCUT2D eigenvalue weighted by Gasteiger charge is -2.09. The third kappa shape index (κ3) is 4.20. The van der Waals surface area contributed by atoms with Gasteiger partial charge >= 0.3 is 0 Å². The lowest BCUT2D eigenvalue weighted by Crippen LogP contribution is -2.18. The minimum Gasteiger partial charge on any atom is -0.471 e. The minimum absolute atomic E-state index is 0.00730. The molecule has 0 fully saturated rings. The van der Waals surface area contributed by atoms with Crippen LogP contribution in [0.25, 0.3) is 0 Å². The van der Waals surface area contributed by atoms with E-state index < -0.39 is 11.8 Å². The summed E-state index contributed by atoms with van der Waals surface area (Å²) in [7, 11) is 0. The number of anilines is 1. The van der Waals surface area contributed by atoms with E-state index in [1.165, 1.54) is 9.36 Å². The van der Waals surface area contributed by atoms with Crippen LogP contribution in [0.5, 0.6) is 5.75 Å². The Morgan fingerprint density at radius 3 is 2.68 bits per heavy atom. The van der Waals surface area contributed by atoms with Crippen LogP contribution >= 0.6 is 0 Å². The lowest BCUT2D eigenvalue weighted by atomic mass is 10.1. The van der Waals surface area contributed by atoms with Crippen molar-refractivity contribution in [2.45, 2.75) is 34.0 Å². The molecule has 28 heavy (non-hydrogen) atoms. The van der Waals surface area contributed by atoms with Crippen LogP contribution in [-0.2, 0) is 13.3 Å². The standard InChI is InChI=1S/C19H22N6O3/c1-4-24-10-15(17(23-24)18(20)26)21-19(27)14-7-8-25(22-14)11-28-16-9-12(2)5-6-13(16)3/h5-10H,4,11H2,1-3H3,(H2,20,26)(H,21,27). The number of primary amides is 1. The SMILES string of the molecule is CCn1cc(NC(=O)c2ccn(COc3cc(C)ccc3C)n2)c(C(N)=O)n1. The number of hydrogen-bond acceptors (Lipinski definition) is 5. The summed E-state index contributed by atoms with van der Waals surface area (Å²) in [5.41, 5.74) is 7.87. The second-order valence-corrected chi connectivity index (χ2v) is 6.35. The van der Waals surface area contributed by atoms with Crippen LogP contribution in [0.4, 0.5) is 5.69 Å². The maximum atomic E-state index is 12.5. The molecule has 9 nitrogen and oxygen atoms in total. The topological polar surface area (TPSA) is 117 Å². The van der Waals surface area contributed by atoms with Gasteiger partial charge in [-0.05, 0) is 44.0 Å². The van der Waals surface area contributed by atoms with Crippen LogP contribution in [0.1, 0.15) is 39.0 Å². The first-order valence-corrected chi connectivity index (χ1v) is 8.79. The van der Waals surface area contributed by atoms with Gasteiger partial charge in [-0.1, -0.05) is 12.1 Å². The summed E-state index contributed by atoms with van der Waals surface area (Å²) in [6.45, 7) is 6.52. The predicted molar refractivity (Wildman–Crippen MR) is 103 cm³/mol. The molecule has 0 aliphatic carbocycles. The molecule has 0 atom stereocenters.